The molecule has 1 fully saturated rings. The number of thioether (sulfide) groups is 1. The number of hydrogen-bond donors (Lipinski definition) is 1. The Hall–Kier alpha value is -2.25. The maximum atomic E-state index is 12.4. The summed E-state index contributed by atoms with van der Waals surface area (Å²) in [4.78, 5) is 18.3. The number of nitrogen functional groups attached to an aromatic ring is 1. The van der Waals surface area contributed by atoms with E-state index in [2.05, 4.69) is 18.8 Å². The highest BCUT2D eigenvalue weighted by atomic mass is 32.2. The van der Waals surface area contributed by atoms with E-state index in [9.17, 15) is 4.79 Å². The molecule has 7 heteroatoms. The quantitative estimate of drug-likeness (QED) is 0.850. The zero-order valence-electron chi connectivity index (χ0n) is 13.2. The monoisotopic (exact) mass is 329 g/mol. The van der Waals surface area contributed by atoms with Crippen molar-refractivity contribution in [2.45, 2.75) is 25.3 Å². The number of carbonyl (C=O) groups is 1. The van der Waals surface area contributed by atoms with Gasteiger partial charge in [0.25, 0.3) is 0 Å². The molecular weight excluding hydrogens is 310 g/mol. The summed E-state index contributed by atoms with van der Waals surface area (Å²) < 4.78 is 0. The van der Waals surface area contributed by atoms with E-state index in [1.54, 1.807) is 0 Å². The third-order valence-corrected chi connectivity index (χ3v) is 4.79. The van der Waals surface area contributed by atoms with Crippen LogP contribution in [0, 0.1) is 34.5 Å². The lowest BCUT2D eigenvalue weighted by molar-refractivity contribution is -0.130. The third-order valence-electron chi connectivity index (χ3n) is 3.81. The summed E-state index contributed by atoms with van der Waals surface area (Å²) in [5.74, 6) is 1.35. The molecule has 0 aliphatic carbocycles. The molecule has 0 unspecified atom stereocenters. The van der Waals surface area contributed by atoms with E-state index in [0.717, 1.165) is 19.5 Å². The lowest BCUT2D eigenvalue weighted by Gasteiger charge is -2.35. The van der Waals surface area contributed by atoms with Crippen LogP contribution in [0.25, 0.3) is 0 Å². The molecule has 1 aliphatic heterocycles. The molecule has 1 aliphatic rings. The van der Waals surface area contributed by atoms with Crippen LogP contribution in [0.3, 0.4) is 0 Å². The van der Waals surface area contributed by atoms with Crippen molar-refractivity contribution >= 4 is 23.5 Å². The predicted molar refractivity (Wildman–Crippen MR) is 88.3 cm³/mol. The van der Waals surface area contributed by atoms with E-state index in [0.29, 0.717) is 16.9 Å². The highest BCUT2D eigenvalue weighted by molar-refractivity contribution is 8.00. The van der Waals surface area contributed by atoms with Gasteiger partial charge in [-0.15, -0.1) is 0 Å². The second kappa shape index (κ2) is 7.34. The molecule has 2 atom stereocenters. The minimum Gasteiger partial charge on any atom is -0.383 e. The first-order valence-electron chi connectivity index (χ1n) is 7.45. The molecule has 0 bridgehead atoms. The fourth-order valence-corrected chi connectivity index (χ4v) is 3.74. The minimum absolute atomic E-state index is 0.0435. The Bertz CT molecular complexity index is 681. The molecule has 1 saturated heterocycles. The topological polar surface area (TPSA) is 107 Å². The highest BCUT2D eigenvalue weighted by Crippen LogP contribution is 2.26. The van der Waals surface area contributed by atoms with Gasteiger partial charge in [-0.25, -0.2) is 4.98 Å². The van der Waals surface area contributed by atoms with Gasteiger partial charge < -0.3 is 10.6 Å². The first kappa shape index (κ1) is 17.1. The molecule has 23 heavy (non-hydrogen) atoms. The van der Waals surface area contributed by atoms with Crippen LogP contribution in [0.1, 0.15) is 31.4 Å². The van der Waals surface area contributed by atoms with Gasteiger partial charge in [0.2, 0.25) is 5.91 Å². The Morgan fingerprint density at radius 3 is 2.52 bits per heavy atom. The molecule has 0 spiro atoms. The normalized spacial score (nSPS) is 20.6. The number of aromatic nitrogens is 1. The molecule has 6 nitrogen and oxygen atoms in total. The second-order valence-corrected chi connectivity index (χ2v) is 6.99. The summed E-state index contributed by atoms with van der Waals surface area (Å²) in [6, 6.07) is 5.32. The van der Waals surface area contributed by atoms with E-state index in [1.165, 1.54) is 17.8 Å². The molecule has 2 heterocycles. The number of carbonyl (C=O) groups excluding carboxylic acids is 1. The molecule has 1 amide bonds. The van der Waals surface area contributed by atoms with E-state index in [1.807, 2.05) is 17.0 Å². The van der Waals surface area contributed by atoms with E-state index in [4.69, 9.17) is 16.3 Å². The summed E-state index contributed by atoms with van der Waals surface area (Å²) in [5, 5.41) is 18.5. The number of rotatable bonds is 3. The molecule has 1 aromatic heterocycles. The largest absolute Gasteiger partial charge is 0.383 e. The number of likely N-dealkylation sites (tertiary alicyclic amines) is 1. The maximum absolute atomic E-state index is 12.4. The van der Waals surface area contributed by atoms with Crippen LogP contribution in [0.5, 0.6) is 0 Å². The zero-order chi connectivity index (χ0) is 17.0. The molecule has 0 saturated carbocycles. The van der Waals surface area contributed by atoms with Crippen molar-refractivity contribution in [3.8, 4) is 12.1 Å². The van der Waals surface area contributed by atoms with Crippen molar-refractivity contribution < 1.29 is 4.79 Å². The van der Waals surface area contributed by atoms with Crippen LogP contribution >= 0.6 is 11.8 Å². The van der Waals surface area contributed by atoms with Crippen LogP contribution in [0.2, 0.25) is 0 Å². The minimum atomic E-state index is 0.0435. The average Bonchev–Trinajstić information content (AvgIpc) is 2.51. The highest BCUT2D eigenvalue weighted by Gasteiger charge is 2.25. The Morgan fingerprint density at radius 1 is 1.35 bits per heavy atom. The number of amides is 1. The van der Waals surface area contributed by atoms with Gasteiger partial charge in [-0.2, -0.15) is 10.5 Å². The van der Waals surface area contributed by atoms with Gasteiger partial charge in [0.1, 0.15) is 23.0 Å². The predicted octanol–water partition coefficient (Wildman–Crippen LogP) is 2.00. The summed E-state index contributed by atoms with van der Waals surface area (Å²) >= 11 is 1.19. The number of nitriles is 2. The van der Waals surface area contributed by atoms with Gasteiger partial charge in [-0.3, -0.25) is 4.79 Å². The summed E-state index contributed by atoms with van der Waals surface area (Å²) in [7, 11) is 0. The van der Waals surface area contributed by atoms with Gasteiger partial charge in [0.15, 0.2) is 0 Å². The van der Waals surface area contributed by atoms with Crippen LogP contribution in [0.15, 0.2) is 11.1 Å². The summed E-state index contributed by atoms with van der Waals surface area (Å²) in [6.45, 7) is 5.86. The van der Waals surface area contributed by atoms with Crippen LogP contribution < -0.4 is 5.73 Å². The van der Waals surface area contributed by atoms with Crippen molar-refractivity contribution in [2.75, 3.05) is 24.6 Å². The lowest BCUT2D eigenvalue weighted by Crippen LogP contribution is -2.43. The standard InChI is InChI=1S/C16H19N5OS/c1-10-3-11(2)8-21(7-10)14(22)9-23-16-13(6-18)4-12(5-17)15(19)20-16/h4,10-11H,3,7-9H2,1-2H3,(H2,19,20)/t10-,11-/m0/s1. The molecule has 2 rings (SSSR count). The molecule has 1 aromatic rings. The van der Waals surface area contributed by atoms with Gasteiger partial charge in [0, 0.05) is 13.1 Å². The van der Waals surface area contributed by atoms with Gasteiger partial charge in [0.05, 0.1) is 16.9 Å². The number of pyridine rings is 1. The molecule has 2 N–H and O–H groups in total. The number of nitrogens with zero attached hydrogens (tertiary/aromatic N) is 4. The van der Waals surface area contributed by atoms with Crippen LogP contribution in [-0.2, 0) is 4.79 Å². The molecule has 0 radical (unpaired) electrons. The second-order valence-electron chi connectivity index (χ2n) is 6.03. The van der Waals surface area contributed by atoms with Crippen molar-refractivity contribution in [1.82, 2.24) is 9.88 Å². The Morgan fingerprint density at radius 2 is 1.96 bits per heavy atom. The number of nitrogens with two attached hydrogens (primary N) is 1. The van der Waals surface area contributed by atoms with Crippen LogP contribution in [-0.4, -0.2) is 34.6 Å². The van der Waals surface area contributed by atoms with Crippen molar-refractivity contribution in [2.24, 2.45) is 11.8 Å². The van der Waals surface area contributed by atoms with E-state index >= 15 is 0 Å². The van der Waals surface area contributed by atoms with Gasteiger partial charge in [-0.1, -0.05) is 25.6 Å². The smallest absolute Gasteiger partial charge is 0.233 e. The number of hydrogen-bond acceptors (Lipinski definition) is 6. The van der Waals surface area contributed by atoms with Crippen LogP contribution in [0.4, 0.5) is 5.82 Å². The summed E-state index contributed by atoms with van der Waals surface area (Å²) in [5.41, 5.74) is 6.14. The molecular formula is C16H19N5OS. The fraction of sp³-hybridized carbons (Fsp3) is 0.500. The summed E-state index contributed by atoms with van der Waals surface area (Å²) in [6.07, 6.45) is 1.14. The van der Waals surface area contributed by atoms with E-state index < -0.39 is 0 Å². The first-order valence-corrected chi connectivity index (χ1v) is 8.44. The third kappa shape index (κ3) is 4.14. The SMILES string of the molecule is C[C@H]1C[C@H](C)CN(C(=O)CSc2nc(N)c(C#N)cc2C#N)C1. The van der Waals surface area contributed by atoms with Gasteiger partial charge in [-0.05, 0) is 24.3 Å². The maximum Gasteiger partial charge on any atom is 0.233 e. The fourth-order valence-electron chi connectivity index (χ4n) is 2.88. The number of anilines is 1. The van der Waals surface area contributed by atoms with Crippen molar-refractivity contribution in [1.29, 1.82) is 10.5 Å². The molecule has 120 valence electrons. The zero-order valence-corrected chi connectivity index (χ0v) is 14.1. The van der Waals surface area contributed by atoms with Gasteiger partial charge >= 0.3 is 0 Å². The number of piperidine rings is 1. The van der Waals surface area contributed by atoms with Crippen molar-refractivity contribution in [3.05, 3.63) is 17.2 Å². The Kier molecular flexibility index (Phi) is 5.46. The average molecular weight is 329 g/mol. The Labute approximate surface area is 140 Å². The lowest BCUT2D eigenvalue weighted by atomic mass is 9.92. The first-order chi connectivity index (χ1) is 10.9. The molecule has 0 aromatic carbocycles. The van der Waals surface area contributed by atoms with Crippen molar-refractivity contribution in [3.63, 3.8) is 0 Å². The Balaban J connectivity index is 2.06. The van der Waals surface area contributed by atoms with E-state index in [-0.39, 0.29) is 28.6 Å².